The van der Waals surface area contributed by atoms with Crippen molar-refractivity contribution in [2.24, 2.45) is 5.92 Å². The molecule has 0 saturated heterocycles. The van der Waals surface area contributed by atoms with Gasteiger partial charge in [0, 0.05) is 29.8 Å². The van der Waals surface area contributed by atoms with Gasteiger partial charge in [-0.05, 0) is 25.0 Å². The van der Waals surface area contributed by atoms with Gasteiger partial charge in [0.1, 0.15) is 0 Å². The molecule has 1 fully saturated rings. The smallest absolute Gasteiger partial charge is 0.239 e. The Balaban J connectivity index is 1.44. The van der Waals surface area contributed by atoms with Crippen LogP contribution in [0.2, 0.25) is 0 Å². The average Bonchev–Trinajstić information content (AvgIpc) is 3.48. The van der Waals surface area contributed by atoms with E-state index < -0.39 is 0 Å². The lowest BCUT2D eigenvalue weighted by Crippen LogP contribution is -2.38. The number of nitrogens with one attached hydrogen (secondary N) is 2. The van der Waals surface area contributed by atoms with Crippen LogP contribution in [0.4, 0.5) is 0 Å². The lowest BCUT2D eigenvalue weighted by Gasteiger charge is -2.10. The highest BCUT2D eigenvalue weighted by Crippen LogP contribution is 2.25. The number of rotatable bonds is 7. The van der Waals surface area contributed by atoms with Crippen LogP contribution in [0.1, 0.15) is 31.2 Å². The molecule has 0 unspecified atom stereocenters. The topological polar surface area (TPSA) is 76.0 Å². The molecule has 0 atom stereocenters. The van der Waals surface area contributed by atoms with Gasteiger partial charge >= 0.3 is 0 Å². The summed E-state index contributed by atoms with van der Waals surface area (Å²) in [7, 11) is 0. The van der Waals surface area contributed by atoms with Gasteiger partial charge in [-0.1, -0.05) is 61.4 Å². The van der Waals surface area contributed by atoms with Gasteiger partial charge in [0.2, 0.25) is 11.8 Å². The zero-order valence-corrected chi connectivity index (χ0v) is 16.9. The first-order chi connectivity index (χ1) is 14.7. The number of hydrogen-bond donors (Lipinski definition) is 2. The summed E-state index contributed by atoms with van der Waals surface area (Å²) in [5.74, 6) is -0.149. The quantitative estimate of drug-likeness (QED) is 0.635. The van der Waals surface area contributed by atoms with Gasteiger partial charge in [0.05, 0.1) is 17.9 Å². The van der Waals surface area contributed by atoms with E-state index in [9.17, 15) is 9.59 Å². The predicted octanol–water partition coefficient (Wildman–Crippen LogP) is 3.46. The maximum Gasteiger partial charge on any atom is 0.239 e. The molecule has 1 aliphatic carbocycles. The SMILES string of the molecule is O=C(CNC(=O)C1CCCC1)NCc1cn(-c2ccccc2)nc1-c1ccccc1. The minimum absolute atomic E-state index is 0.00280. The van der Waals surface area contributed by atoms with Crippen LogP contribution >= 0.6 is 0 Å². The molecule has 4 rings (SSSR count). The summed E-state index contributed by atoms with van der Waals surface area (Å²) in [6.45, 7) is 0.345. The fourth-order valence-corrected chi connectivity index (χ4v) is 3.85. The van der Waals surface area contributed by atoms with E-state index in [1.165, 1.54) is 0 Å². The number of benzene rings is 2. The Morgan fingerprint density at radius 2 is 1.60 bits per heavy atom. The number of carbonyl (C=O) groups excluding carboxylic acids is 2. The van der Waals surface area contributed by atoms with E-state index >= 15 is 0 Å². The molecule has 6 nitrogen and oxygen atoms in total. The Labute approximate surface area is 176 Å². The van der Waals surface area contributed by atoms with Crippen LogP contribution in [0.15, 0.2) is 66.9 Å². The van der Waals surface area contributed by atoms with Gasteiger partial charge in [-0.3, -0.25) is 9.59 Å². The molecule has 1 saturated carbocycles. The number of para-hydroxylation sites is 1. The number of amides is 2. The Morgan fingerprint density at radius 1 is 0.933 bits per heavy atom. The molecule has 1 aliphatic rings. The molecule has 2 amide bonds. The van der Waals surface area contributed by atoms with Crippen LogP contribution in [0.3, 0.4) is 0 Å². The van der Waals surface area contributed by atoms with Crippen molar-refractivity contribution in [2.75, 3.05) is 6.54 Å². The summed E-state index contributed by atoms with van der Waals surface area (Å²) in [5, 5.41) is 10.4. The Hall–Kier alpha value is -3.41. The van der Waals surface area contributed by atoms with Crippen LogP contribution < -0.4 is 10.6 Å². The van der Waals surface area contributed by atoms with Gasteiger partial charge < -0.3 is 10.6 Å². The summed E-state index contributed by atoms with van der Waals surface area (Å²) in [4.78, 5) is 24.4. The first-order valence-electron chi connectivity index (χ1n) is 10.4. The van der Waals surface area contributed by atoms with Crippen LogP contribution in [0.5, 0.6) is 0 Å². The van der Waals surface area contributed by atoms with Crippen molar-refractivity contribution in [1.29, 1.82) is 0 Å². The van der Waals surface area contributed by atoms with Crippen molar-refractivity contribution in [3.8, 4) is 16.9 Å². The second-order valence-electron chi connectivity index (χ2n) is 7.63. The standard InChI is InChI=1S/C24H26N4O2/c29-22(16-26-24(30)19-11-7-8-12-19)25-15-20-17-28(21-13-5-2-6-14-21)27-23(20)18-9-3-1-4-10-18/h1-6,9-10,13-14,17,19H,7-8,11-12,15-16H2,(H,25,29)(H,26,30). The molecule has 0 radical (unpaired) electrons. The van der Waals surface area contributed by atoms with E-state index in [1.54, 1.807) is 0 Å². The maximum absolute atomic E-state index is 12.3. The first kappa shape index (κ1) is 19.9. The van der Waals surface area contributed by atoms with E-state index in [2.05, 4.69) is 10.6 Å². The zero-order valence-electron chi connectivity index (χ0n) is 16.9. The minimum atomic E-state index is -0.201. The lowest BCUT2D eigenvalue weighted by molar-refractivity contribution is -0.128. The van der Waals surface area contributed by atoms with Crippen molar-refractivity contribution in [3.63, 3.8) is 0 Å². The van der Waals surface area contributed by atoms with E-state index in [0.29, 0.717) is 6.54 Å². The number of nitrogens with zero attached hydrogens (tertiary/aromatic N) is 2. The van der Waals surface area contributed by atoms with Crippen molar-refractivity contribution in [3.05, 3.63) is 72.4 Å². The molecular weight excluding hydrogens is 376 g/mol. The highest BCUT2D eigenvalue weighted by Gasteiger charge is 2.22. The predicted molar refractivity (Wildman–Crippen MR) is 116 cm³/mol. The second kappa shape index (κ2) is 9.39. The highest BCUT2D eigenvalue weighted by molar-refractivity contribution is 5.86. The van der Waals surface area contributed by atoms with Gasteiger partial charge in [-0.2, -0.15) is 5.10 Å². The van der Waals surface area contributed by atoms with Gasteiger partial charge in [-0.15, -0.1) is 0 Å². The third-order valence-corrected chi connectivity index (χ3v) is 5.48. The van der Waals surface area contributed by atoms with Crippen LogP contribution in [0, 0.1) is 5.92 Å². The number of aromatic nitrogens is 2. The summed E-state index contributed by atoms with van der Waals surface area (Å²) in [6.07, 6.45) is 5.98. The summed E-state index contributed by atoms with van der Waals surface area (Å²) >= 11 is 0. The molecule has 1 aromatic heterocycles. The maximum atomic E-state index is 12.3. The first-order valence-corrected chi connectivity index (χ1v) is 10.4. The number of hydrogen-bond acceptors (Lipinski definition) is 3. The molecule has 0 bridgehead atoms. The fourth-order valence-electron chi connectivity index (χ4n) is 3.85. The highest BCUT2D eigenvalue weighted by atomic mass is 16.2. The van der Waals surface area contributed by atoms with Crippen molar-refractivity contribution < 1.29 is 9.59 Å². The Morgan fingerprint density at radius 3 is 2.30 bits per heavy atom. The van der Waals surface area contributed by atoms with Crippen molar-refractivity contribution in [1.82, 2.24) is 20.4 Å². The van der Waals surface area contributed by atoms with Crippen LogP contribution in [0.25, 0.3) is 16.9 Å². The zero-order chi connectivity index (χ0) is 20.8. The van der Waals surface area contributed by atoms with Crippen molar-refractivity contribution in [2.45, 2.75) is 32.2 Å². The second-order valence-corrected chi connectivity index (χ2v) is 7.63. The summed E-state index contributed by atoms with van der Waals surface area (Å²) in [5.41, 5.74) is 3.69. The molecule has 1 heterocycles. The molecule has 30 heavy (non-hydrogen) atoms. The molecular formula is C24H26N4O2. The third-order valence-electron chi connectivity index (χ3n) is 5.48. The van der Waals surface area contributed by atoms with E-state index in [0.717, 1.165) is 48.2 Å². The normalized spacial score (nSPS) is 13.9. The molecule has 6 heteroatoms. The summed E-state index contributed by atoms with van der Waals surface area (Å²) in [6, 6.07) is 19.8. The molecule has 3 aromatic rings. The Bertz CT molecular complexity index is 993. The molecule has 2 aromatic carbocycles. The third kappa shape index (κ3) is 4.76. The van der Waals surface area contributed by atoms with E-state index in [-0.39, 0.29) is 24.3 Å². The lowest BCUT2D eigenvalue weighted by atomic mass is 10.1. The molecule has 0 aliphatic heterocycles. The van der Waals surface area contributed by atoms with Crippen LogP contribution in [-0.4, -0.2) is 28.1 Å². The van der Waals surface area contributed by atoms with Crippen LogP contribution in [-0.2, 0) is 16.1 Å². The van der Waals surface area contributed by atoms with Gasteiger partial charge in [0.25, 0.3) is 0 Å². The minimum Gasteiger partial charge on any atom is -0.350 e. The number of carbonyl (C=O) groups is 2. The van der Waals surface area contributed by atoms with E-state index in [1.807, 2.05) is 71.5 Å². The summed E-state index contributed by atoms with van der Waals surface area (Å²) < 4.78 is 1.83. The monoisotopic (exact) mass is 402 g/mol. The van der Waals surface area contributed by atoms with E-state index in [4.69, 9.17) is 5.10 Å². The van der Waals surface area contributed by atoms with Gasteiger partial charge in [0.15, 0.2) is 0 Å². The average molecular weight is 402 g/mol. The molecule has 0 spiro atoms. The Kier molecular flexibility index (Phi) is 6.23. The largest absolute Gasteiger partial charge is 0.350 e. The molecule has 154 valence electrons. The molecule has 2 N–H and O–H groups in total. The van der Waals surface area contributed by atoms with Gasteiger partial charge in [-0.25, -0.2) is 4.68 Å². The fraction of sp³-hybridized carbons (Fsp3) is 0.292. The van der Waals surface area contributed by atoms with Crippen molar-refractivity contribution >= 4 is 11.8 Å².